The van der Waals surface area contributed by atoms with Gasteiger partial charge < -0.3 is 5.32 Å². The number of hydrogen-bond donors (Lipinski definition) is 1. The van der Waals surface area contributed by atoms with Crippen LogP contribution in [0.1, 0.15) is 26.5 Å². The van der Waals surface area contributed by atoms with Gasteiger partial charge in [-0.25, -0.2) is 9.97 Å². The van der Waals surface area contributed by atoms with E-state index >= 15 is 0 Å². The van der Waals surface area contributed by atoms with E-state index in [9.17, 15) is 0 Å². The Hall–Kier alpha value is -1.16. The molecule has 0 spiro atoms. The Morgan fingerprint density at radius 3 is 2.82 bits per heavy atom. The molecule has 1 aromatic rings. The number of aryl methyl sites for hydroxylation is 1. The summed E-state index contributed by atoms with van der Waals surface area (Å²) < 4.78 is 0. The van der Waals surface area contributed by atoms with Crippen molar-refractivity contribution in [1.29, 1.82) is 0 Å². The first-order chi connectivity index (χ1) is 8.17. The first-order valence-electron chi connectivity index (χ1n) is 6.47. The molecule has 0 aromatic carbocycles. The summed E-state index contributed by atoms with van der Waals surface area (Å²) in [4.78, 5) is 10.9. The minimum atomic E-state index is 0.549. The van der Waals surface area contributed by atoms with Gasteiger partial charge in [0.25, 0.3) is 0 Å². The summed E-state index contributed by atoms with van der Waals surface area (Å²) in [6.07, 6.45) is 2.60. The fourth-order valence-electron chi connectivity index (χ4n) is 2.21. The topological polar surface area (TPSA) is 41.0 Å². The number of nitrogens with zero attached hydrogens (tertiary/aromatic N) is 3. The van der Waals surface area contributed by atoms with Crippen molar-refractivity contribution < 1.29 is 0 Å². The van der Waals surface area contributed by atoms with E-state index in [0.29, 0.717) is 6.04 Å². The van der Waals surface area contributed by atoms with Crippen molar-refractivity contribution in [3.05, 3.63) is 18.1 Å². The first-order valence-corrected chi connectivity index (χ1v) is 6.47. The van der Waals surface area contributed by atoms with Crippen molar-refractivity contribution in [3.63, 3.8) is 0 Å². The molecule has 94 valence electrons. The van der Waals surface area contributed by atoms with Crippen LogP contribution in [-0.2, 0) is 6.42 Å². The fraction of sp³-hybridized carbons (Fsp3) is 0.692. The molecule has 4 heteroatoms. The average Bonchev–Trinajstić information content (AvgIpc) is 2.26. The van der Waals surface area contributed by atoms with Crippen LogP contribution in [0.3, 0.4) is 0 Å². The largest absolute Gasteiger partial charge is 0.365 e. The molecule has 1 aromatic heterocycles. The van der Waals surface area contributed by atoms with E-state index in [1.165, 1.54) is 6.54 Å². The molecule has 17 heavy (non-hydrogen) atoms. The Bertz CT molecular complexity index is 358. The Morgan fingerprint density at radius 1 is 1.41 bits per heavy atom. The molecule has 0 atom stereocenters. The van der Waals surface area contributed by atoms with Gasteiger partial charge in [0.1, 0.15) is 12.1 Å². The number of aromatic nitrogens is 2. The van der Waals surface area contributed by atoms with Crippen molar-refractivity contribution in [1.82, 2.24) is 14.9 Å². The summed E-state index contributed by atoms with van der Waals surface area (Å²) in [5.41, 5.74) is 1.10. The maximum absolute atomic E-state index is 4.25. The fourth-order valence-corrected chi connectivity index (χ4v) is 2.21. The molecule has 1 fully saturated rings. The summed E-state index contributed by atoms with van der Waals surface area (Å²) in [6, 6.07) is 2.60. The third-order valence-corrected chi connectivity index (χ3v) is 3.02. The zero-order valence-corrected chi connectivity index (χ0v) is 11.0. The third kappa shape index (κ3) is 3.40. The molecular weight excluding hydrogens is 212 g/mol. The molecule has 0 saturated carbocycles. The van der Waals surface area contributed by atoms with Gasteiger partial charge >= 0.3 is 0 Å². The quantitative estimate of drug-likeness (QED) is 0.843. The maximum atomic E-state index is 4.25. The molecule has 1 N–H and O–H groups in total. The highest BCUT2D eigenvalue weighted by Gasteiger charge is 2.26. The number of likely N-dealkylation sites (tertiary alicyclic amines) is 1. The first kappa shape index (κ1) is 12.3. The Kier molecular flexibility index (Phi) is 3.94. The lowest BCUT2D eigenvalue weighted by molar-refractivity contribution is 0.143. The summed E-state index contributed by atoms with van der Waals surface area (Å²) in [5, 5.41) is 3.46. The van der Waals surface area contributed by atoms with Crippen LogP contribution in [0, 0.1) is 5.92 Å². The maximum Gasteiger partial charge on any atom is 0.129 e. The highest BCUT2D eigenvalue weighted by atomic mass is 15.3. The van der Waals surface area contributed by atoms with Crippen LogP contribution in [0.15, 0.2) is 12.4 Å². The lowest BCUT2D eigenvalue weighted by atomic mass is 10.1. The third-order valence-electron chi connectivity index (χ3n) is 3.02. The predicted octanol–water partition coefficient (Wildman–Crippen LogP) is 1.79. The highest BCUT2D eigenvalue weighted by molar-refractivity contribution is 5.37. The van der Waals surface area contributed by atoms with Gasteiger partial charge in [-0.1, -0.05) is 20.8 Å². The number of nitrogens with one attached hydrogen (secondary N) is 1. The van der Waals surface area contributed by atoms with E-state index < -0.39 is 0 Å². The van der Waals surface area contributed by atoms with Gasteiger partial charge in [-0.2, -0.15) is 0 Å². The Morgan fingerprint density at radius 2 is 2.18 bits per heavy atom. The molecule has 0 aliphatic carbocycles. The zero-order chi connectivity index (χ0) is 12.3. The molecule has 0 bridgehead atoms. The molecule has 4 nitrogen and oxygen atoms in total. The van der Waals surface area contributed by atoms with Crippen LogP contribution < -0.4 is 5.32 Å². The van der Waals surface area contributed by atoms with Crippen LogP contribution in [0.4, 0.5) is 5.82 Å². The lowest BCUT2D eigenvalue weighted by Crippen LogP contribution is -2.55. The van der Waals surface area contributed by atoms with Crippen LogP contribution in [-0.4, -0.2) is 40.5 Å². The van der Waals surface area contributed by atoms with Crippen molar-refractivity contribution in [2.45, 2.75) is 33.2 Å². The van der Waals surface area contributed by atoms with Crippen molar-refractivity contribution >= 4 is 5.82 Å². The van der Waals surface area contributed by atoms with Gasteiger partial charge in [0.2, 0.25) is 0 Å². The van der Waals surface area contributed by atoms with E-state index in [4.69, 9.17) is 0 Å². The van der Waals surface area contributed by atoms with Gasteiger partial charge in [-0.3, -0.25) is 4.90 Å². The molecule has 1 aliphatic rings. The van der Waals surface area contributed by atoms with Crippen molar-refractivity contribution in [3.8, 4) is 0 Å². The monoisotopic (exact) mass is 234 g/mol. The van der Waals surface area contributed by atoms with Gasteiger partial charge in [-0.15, -0.1) is 0 Å². The Labute approximate surface area is 103 Å². The van der Waals surface area contributed by atoms with Gasteiger partial charge in [0.05, 0.1) is 6.04 Å². The van der Waals surface area contributed by atoms with Crippen LogP contribution in [0.5, 0.6) is 0 Å². The van der Waals surface area contributed by atoms with E-state index in [1.54, 1.807) is 6.33 Å². The molecule has 0 radical (unpaired) electrons. The summed E-state index contributed by atoms with van der Waals surface area (Å²) in [6.45, 7) is 10.1. The Balaban J connectivity index is 1.79. The van der Waals surface area contributed by atoms with E-state index in [2.05, 4.69) is 41.0 Å². The second-order valence-electron chi connectivity index (χ2n) is 5.20. The normalized spacial score (nSPS) is 17.2. The molecule has 2 rings (SSSR count). The van der Waals surface area contributed by atoms with E-state index in [-0.39, 0.29) is 0 Å². The summed E-state index contributed by atoms with van der Waals surface area (Å²) >= 11 is 0. The molecule has 1 saturated heterocycles. The molecular formula is C13H22N4. The summed E-state index contributed by atoms with van der Waals surface area (Å²) in [7, 11) is 0. The second kappa shape index (κ2) is 5.45. The molecule has 1 aliphatic heterocycles. The predicted molar refractivity (Wildman–Crippen MR) is 70.1 cm³/mol. The SMILES string of the molecule is CCc1cc(NC2CN(CC(C)C)C2)ncn1. The van der Waals surface area contributed by atoms with Crippen LogP contribution in [0.2, 0.25) is 0 Å². The second-order valence-corrected chi connectivity index (χ2v) is 5.20. The summed E-state index contributed by atoms with van der Waals surface area (Å²) in [5.74, 6) is 1.72. The van der Waals surface area contributed by atoms with Crippen molar-refractivity contribution in [2.24, 2.45) is 5.92 Å². The van der Waals surface area contributed by atoms with Crippen LogP contribution >= 0.6 is 0 Å². The van der Waals surface area contributed by atoms with Gasteiger partial charge in [-0.05, 0) is 12.3 Å². The highest BCUT2D eigenvalue weighted by Crippen LogP contribution is 2.15. The molecule has 0 unspecified atom stereocenters. The van der Waals surface area contributed by atoms with Crippen molar-refractivity contribution in [2.75, 3.05) is 25.0 Å². The zero-order valence-electron chi connectivity index (χ0n) is 11.0. The van der Waals surface area contributed by atoms with Gasteiger partial charge in [0.15, 0.2) is 0 Å². The minimum Gasteiger partial charge on any atom is -0.365 e. The number of rotatable bonds is 5. The standard InChI is InChI=1S/C13H22N4/c1-4-11-5-13(15-9-14-11)16-12-7-17(8-12)6-10(2)3/h5,9-10,12H,4,6-8H2,1-3H3,(H,14,15,16). The van der Waals surface area contributed by atoms with E-state index in [1.807, 2.05) is 6.07 Å². The lowest BCUT2D eigenvalue weighted by Gasteiger charge is -2.40. The number of anilines is 1. The van der Waals surface area contributed by atoms with E-state index in [0.717, 1.165) is 36.9 Å². The number of hydrogen-bond acceptors (Lipinski definition) is 4. The molecule has 2 heterocycles. The van der Waals surface area contributed by atoms with Crippen LogP contribution in [0.25, 0.3) is 0 Å². The smallest absolute Gasteiger partial charge is 0.129 e. The minimum absolute atomic E-state index is 0.549. The molecule has 0 amide bonds. The van der Waals surface area contributed by atoms with Gasteiger partial charge in [0, 0.05) is 31.4 Å². The average molecular weight is 234 g/mol.